The summed E-state index contributed by atoms with van der Waals surface area (Å²) < 4.78 is 5.61. The lowest BCUT2D eigenvalue weighted by atomic mass is 10.1. The molecule has 18 heavy (non-hydrogen) atoms. The Morgan fingerprint density at radius 2 is 1.61 bits per heavy atom. The SMILES string of the molecule is CN1CCC(OC(=O)N2CCCN(C)CC2)CC1. The first-order valence-corrected chi connectivity index (χ1v) is 6.98. The molecule has 1 amide bonds. The highest BCUT2D eigenvalue weighted by Gasteiger charge is 2.24. The first-order valence-electron chi connectivity index (χ1n) is 6.98. The molecule has 0 radical (unpaired) electrons. The number of carbonyl (C=O) groups excluding carboxylic acids is 1. The maximum absolute atomic E-state index is 12.1. The van der Waals surface area contributed by atoms with Crippen LogP contribution in [0.1, 0.15) is 19.3 Å². The van der Waals surface area contributed by atoms with E-state index in [1.807, 2.05) is 4.90 Å². The van der Waals surface area contributed by atoms with Gasteiger partial charge in [-0.15, -0.1) is 0 Å². The molecule has 0 unspecified atom stereocenters. The van der Waals surface area contributed by atoms with Crippen molar-refractivity contribution in [3.63, 3.8) is 0 Å². The quantitative estimate of drug-likeness (QED) is 0.696. The van der Waals surface area contributed by atoms with Crippen molar-refractivity contribution in [1.29, 1.82) is 0 Å². The summed E-state index contributed by atoms with van der Waals surface area (Å²) in [6.07, 6.45) is 2.99. The van der Waals surface area contributed by atoms with Crippen LogP contribution in [0.3, 0.4) is 0 Å². The highest BCUT2D eigenvalue weighted by atomic mass is 16.6. The van der Waals surface area contributed by atoms with E-state index < -0.39 is 0 Å². The minimum atomic E-state index is -0.111. The topological polar surface area (TPSA) is 36.0 Å². The molecule has 0 aromatic heterocycles. The lowest BCUT2D eigenvalue weighted by Gasteiger charge is -2.30. The van der Waals surface area contributed by atoms with Gasteiger partial charge in [0.05, 0.1) is 0 Å². The Kier molecular flexibility index (Phi) is 4.83. The number of ether oxygens (including phenoxy) is 1. The van der Waals surface area contributed by atoms with Crippen LogP contribution in [-0.4, -0.2) is 80.3 Å². The lowest BCUT2D eigenvalue weighted by Crippen LogP contribution is -2.40. The van der Waals surface area contributed by atoms with Crippen LogP contribution < -0.4 is 0 Å². The number of hydrogen-bond donors (Lipinski definition) is 0. The van der Waals surface area contributed by atoms with Gasteiger partial charge in [0.1, 0.15) is 6.10 Å². The summed E-state index contributed by atoms with van der Waals surface area (Å²) in [5, 5.41) is 0. The van der Waals surface area contributed by atoms with Gasteiger partial charge in [-0.2, -0.15) is 0 Å². The Morgan fingerprint density at radius 1 is 0.944 bits per heavy atom. The molecule has 0 saturated carbocycles. The second kappa shape index (κ2) is 6.38. The maximum Gasteiger partial charge on any atom is 0.410 e. The molecule has 0 aromatic carbocycles. The summed E-state index contributed by atoms with van der Waals surface area (Å²) in [6, 6.07) is 0. The van der Waals surface area contributed by atoms with Crippen molar-refractivity contribution in [2.75, 3.05) is 53.4 Å². The zero-order valence-electron chi connectivity index (χ0n) is 11.6. The van der Waals surface area contributed by atoms with E-state index in [4.69, 9.17) is 4.74 Å². The molecule has 104 valence electrons. The van der Waals surface area contributed by atoms with Crippen molar-refractivity contribution in [1.82, 2.24) is 14.7 Å². The van der Waals surface area contributed by atoms with Gasteiger partial charge in [0, 0.05) is 32.7 Å². The first kappa shape index (κ1) is 13.6. The average Bonchev–Trinajstić information content (AvgIpc) is 2.57. The minimum Gasteiger partial charge on any atom is -0.446 e. The summed E-state index contributed by atoms with van der Waals surface area (Å²) in [5.74, 6) is 0. The molecule has 0 atom stereocenters. The van der Waals surface area contributed by atoms with Crippen LogP contribution in [0.5, 0.6) is 0 Å². The van der Waals surface area contributed by atoms with Crippen LogP contribution in [0.25, 0.3) is 0 Å². The predicted molar refractivity (Wildman–Crippen MR) is 70.7 cm³/mol. The molecule has 5 heteroatoms. The third-order valence-corrected chi connectivity index (χ3v) is 3.91. The second-order valence-corrected chi connectivity index (χ2v) is 5.53. The van der Waals surface area contributed by atoms with Crippen molar-refractivity contribution in [3.8, 4) is 0 Å². The van der Waals surface area contributed by atoms with E-state index in [2.05, 4.69) is 23.9 Å². The molecule has 5 nitrogen and oxygen atoms in total. The van der Waals surface area contributed by atoms with Gasteiger partial charge in [-0.25, -0.2) is 4.79 Å². The van der Waals surface area contributed by atoms with Gasteiger partial charge in [0.2, 0.25) is 0 Å². The van der Waals surface area contributed by atoms with Crippen molar-refractivity contribution >= 4 is 6.09 Å². The largest absolute Gasteiger partial charge is 0.446 e. The monoisotopic (exact) mass is 255 g/mol. The van der Waals surface area contributed by atoms with E-state index in [9.17, 15) is 4.79 Å². The Balaban J connectivity index is 1.76. The van der Waals surface area contributed by atoms with Crippen LogP contribution in [0.2, 0.25) is 0 Å². The molecule has 0 spiro atoms. The van der Waals surface area contributed by atoms with E-state index in [1.165, 1.54) is 0 Å². The standard InChI is InChI=1S/C13H25N3O2/c1-14-6-3-7-16(11-10-14)13(17)18-12-4-8-15(2)9-5-12/h12H,3-11H2,1-2H3. The highest BCUT2D eigenvalue weighted by Crippen LogP contribution is 2.14. The van der Waals surface area contributed by atoms with Gasteiger partial charge in [-0.1, -0.05) is 0 Å². The molecular formula is C13H25N3O2. The summed E-state index contributed by atoms with van der Waals surface area (Å²) in [5.41, 5.74) is 0. The molecule has 2 aliphatic heterocycles. The first-order chi connectivity index (χ1) is 8.65. The van der Waals surface area contributed by atoms with E-state index in [0.717, 1.165) is 58.5 Å². The van der Waals surface area contributed by atoms with Gasteiger partial charge in [0.25, 0.3) is 0 Å². The van der Waals surface area contributed by atoms with Crippen LogP contribution >= 0.6 is 0 Å². The number of nitrogens with zero attached hydrogens (tertiary/aromatic N) is 3. The zero-order valence-corrected chi connectivity index (χ0v) is 11.6. The maximum atomic E-state index is 12.1. The van der Waals surface area contributed by atoms with Crippen molar-refractivity contribution in [2.24, 2.45) is 0 Å². The molecule has 0 aliphatic carbocycles. The lowest BCUT2D eigenvalue weighted by molar-refractivity contribution is 0.0337. The number of amides is 1. The Hall–Kier alpha value is -0.810. The third-order valence-electron chi connectivity index (χ3n) is 3.91. The van der Waals surface area contributed by atoms with Gasteiger partial charge in [-0.05, 0) is 39.9 Å². The molecule has 0 N–H and O–H groups in total. The number of rotatable bonds is 1. The zero-order chi connectivity index (χ0) is 13.0. The molecule has 0 bridgehead atoms. The fourth-order valence-corrected chi connectivity index (χ4v) is 2.55. The predicted octanol–water partition coefficient (Wildman–Crippen LogP) is 0.855. The number of likely N-dealkylation sites (N-methyl/N-ethyl adjacent to an activating group) is 1. The Morgan fingerprint density at radius 3 is 2.33 bits per heavy atom. The van der Waals surface area contributed by atoms with Crippen LogP contribution in [0.15, 0.2) is 0 Å². The van der Waals surface area contributed by atoms with E-state index in [-0.39, 0.29) is 12.2 Å². The van der Waals surface area contributed by atoms with Gasteiger partial charge >= 0.3 is 6.09 Å². The molecular weight excluding hydrogens is 230 g/mol. The van der Waals surface area contributed by atoms with Crippen LogP contribution in [-0.2, 0) is 4.74 Å². The number of hydrogen-bond acceptors (Lipinski definition) is 4. The normalized spacial score (nSPS) is 24.9. The molecule has 2 rings (SSSR count). The second-order valence-electron chi connectivity index (χ2n) is 5.53. The van der Waals surface area contributed by atoms with E-state index in [1.54, 1.807) is 0 Å². The molecule has 2 aliphatic rings. The molecule has 2 fully saturated rings. The smallest absolute Gasteiger partial charge is 0.410 e. The summed E-state index contributed by atoms with van der Waals surface area (Å²) in [7, 11) is 4.22. The van der Waals surface area contributed by atoms with Crippen molar-refractivity contribution < 1.29 is 9.53 Å². The molecule has 2 heterocycles. The molecule has 2 saturated heterocycles. The fourth-order valence-electron chi connectivity index (χ4n) is 2.55. The Bertz CT molecular complexity index is 277. The summed E-state index contributed by atoms with van der Waals surface area (Å²) in [4.78, 5) is 18.5. The van der Waals surface area contributed by atoms with E-state index >= 15 is 0 Å². The van der Waals surface area contributed by atoms with Gasteiger partial charge in [0.15, 0.2) is 0 Å². The highest BCUT2D eigenvalue weighted by molar-refractivity contribution is 5.67. The minimum absolute atomic E-state index is 0.111. The third kappa shape index (κ3) is 3.85. The fraction of sp³-hybridized carbons (Fsp3) is 0.923. The van der Waals surface area contributed by atoms with Crippen LogP contribution in [0.4, 0.5) is 4.79 Å². The Labute approximate surface area is 110 Å². The van der Waals surface area contributed by atoms with E-state index in [0.29, 0.717) is 0 Å². The average molecular weight is 255 g/mol. The number of likely N-dealkylation sites (tertiary alicyclic amines) is 1. The summed E-state index contributed by atoms with van der Waals surface area (Å²) >= 11 is 0. The van der Waals surface area contributed by atoms with Gasteiger partial charge < -0.3 is 19.4 Å². The van der Waals surface area contributed by atoms with Gasteiger partial charge in [-0.3, -0.25) is 0 Å². The number of carbonyl (C=O) groups is 1. The summed E-state index contributed by atoms with van der Waals surface area (Å²) in [6.45, 7) is 5.69. The van der Waals surface area contributed by atoms with Crippen LogP contribution in [0, 0.1) is 0 Å². The van der Waals surface area contributed by atoms with Crippen molar-refractivity contribution in [2.45, 2.75) is 25.4 Å². The molecule has 0 aromatic rings. The van der Waals surface area contributed by atoms with Crippen molar-refractivity contribution in [3.05, 3.63) is 0 Å². The number of piperidine rings is 1.